The Kier molecular flexibility index (Phi) is 7.66. The number of nitrogens with zero attached hydrogens (tertiary/aromatic N) is 3. The molecule has 2 aromatic carbocycles. The molecule has 5 rings (SSSR count). The van der Waals surface area contributed by atoms with E-state index in [0.29, 0.717) is 6.61 Å². The number of methoxy groups -OCH3 is 1. The van der Waals surface area contributed by atoms with Gasteiger partial charge in [-0.25, -0.2) is 0 Å². The van der Waals surface area contributed by atoms with Crippen molar-refractivity contribution in [1.29, 1.82) is 0 Å². The minimum absolute atomic E-state index is 0.266. The molecule has 2 aliphatic rings. The van der Waals surface area contributed by atoms with Crippen LogP contribution in [0.4, 0.5) is 0 Å². The van der Waals surface area contributed by atoms with Crippen LogP contribution in [0.3, 0.4) is 0 Å². The molecule has 0 unspecified atom stereocenters. The molecule has 1 fully saturated rings. The van der Waals surface area contributed by atoms with E-state index in [1.807, 2.05) is 50.2 Å². The van der Waals surface area contributed by atoms with Crippen LogP contribution < -0.4 is 4.74 Å². The molecule has 7 heteroatoms. The number of aromatic nitrogens is 1. The monoisotopic (exact) mass is 531 g/mol. The molecule has 0 N–H and O–H groups in total. The van der Waals surface area contributed by atoms with Crippen LogP contribution in [0.15, 0.2) is 72.0 Å². The highest BCUT2D eigenvalue weighted by atomic mass is 35.5. The molecule has 1 aromatic heterocycles. The van der Waals surface area contributed by atoms with E-state index in [1.54, 1.807) is 13.3 Å². The fraction of sp³-hybridized carbons (Fsp3) is 0.387. The topological polar surface area (TPSA) is 64.0 Å². The van der Waals surface area contributed by atoms with Gasteiger partial charge >= 0.3 is 0 Å². The van der Waals surface area contributed by atoms with Crippen LogP contribution in [0.25, 0.3) is 5.57 Å². The number of benzene rings is 2. The smallest absolute Gasteiger partial charge is 0.131 e. The predicted octanol–water partition coefficient (Wildman–Crippen LogP) is 7.09. The summed E-state index contributed by atoms with van der Waals surface area (Å²) >= 11 is 6.11. The van der Waals surface area contributed by atoms with Crippen LogP contribution in [0.5, 0.6) is 5.75 Å². The minimum atomic E-state index is -0.823. The van der Waals surface area contributed by atoms with Gasteiger partial charge in [0.1, 0.15) is 17.9 Å². The molecule has 0 atom stereocenters. The van der Waals surface area contributed by atoms with Crippen LogP contribution >= 0.6 is 11.6 Å². The first kappa shape index (κ1) is 26.5. The lowest BCUT2D eigenvalue weighted by atomic mass is 9.84. The first-order valence-corrected chi connectivity index (χ1v) is 13.5. The van der Waals surface area contributed by atoms with Gasteiger partial charge in [-0.15, -0.1) is 4.91 Å². The average molecular weight is 532 g/mol. The molecule has 0 saturated carbocycles. The van der Waals surface area contributed by atoms with Crippen LogP contribution in [-0.2, 0) is 22.5 Å². The summed E-state index contributed by atoms with van der Waals surface area (Å²) < 4.78 is 12.2. The Balaban J connectivity index is 1.36. The van der Waals surface area contributed by atoms with Crippen molar-refractivity contribution in [1.82, 2.24) is 9.88 Å². The number of nitroso groups, excluding NO2 is 1. The Hall–Kier alpha value is -3.06. The van der Waals surface area contributed by atoms with Gasteiger partial charge in [0, 0.05) is 49.1 Å². The quantitative estimate of drug-likeness (QED) is 0.304. The van der Waals surface area contributed by atoms with E-state index in [4.69, 9.17) is 21.1 Å². The summed E-state index contributed by atoms with van der Waals surface area (Å²) in [6.45, 7) is 6.93. The second kappa shape index (κ2) is 11.0. The normalized spacial score (nSPS) is 18.3. The summed E-state index contributed by atoms with van der Waals surface area (Å²) in [6, 6.07) is 18.0. The molecule has 198 valence electrons. The van der Waals surface area contributed by atoms with Crippen molar-refractivity contribution in [2.75, 3.05) is 26.7 Å². The van der Waals surface area contributed by atoms with Crippen molar-refractivity contribution in [3.63, 3.8) is 0 Å². The van der Waals surface area contributed by atoms with Crippen molar-refractivity contribution < 1.29 is 9.47 Å². The number of fused-ring (bicyclic) bond motifs is 2. The largest absolute Gasteiger partial charge is 0.487 e. The van der Waals surface area contributed by atoms with Crippen molar-refractivity contribution in [2.24, 2.45) is 5.18 Å². The fourth-order valence-corrected chi connectivity index (χ4v) is 5.63. The van der Waals surface area contributed by atoms with Gasteiger partial charge in [-0.05, 0) is 80.1 Å². The lowest BCUT2D eigenvalue weighted by Crippen LogP contribution is -2.44. The van der Waals surface area contributed by atoms with Crippen LogP contribution in [-0.4, -0.2) is 36.6 Å². The summed E-state index contributed by atoms with van der Waals surface area (Å²) in [5.74, 6) is 0.797. The summed E-state index contributed by atoms with van der Waals surface area (Å²) in [6.07, 6.45) is 6.84. The first-order valence-electron chi connectivity index (χ1n) is 13.2. The third-order valence-corrected chi connectivity index (χ3v) is 8.22. The lowest BCUT2D eigenvalue weighted by molar-refractivity contribution is -0.0621. The van der Waals surface area contributed by atoms with Crippen LogP contribution in [0, 0.1) is 4.91 Å². The average Bonchev–Trinajstić information content (AvgIpc) is 3.10. The van der Waals surface area contributed by atoms with Crippen molar-refractivity contribution in [3.8, 4) is 5.75 Å². The second-order valence-electron chi connectivity index (χ2n) is 10.6. The van der Waals surface area contributed by atoms with E-state index >= 15 is 0 Å². The fourth-order valence-electron chi connectivity index (χ4n) is 5.50. The highest BCUT2D eigenvalue weighted by Crippen LogP contribution is 2.40. The number of piperidine rings is 1. The molecule has 6 nitrogen and oxygen atoms in total. The Morgan fingerprint density at radius 1 is 1.13 bits per heavy atom. The van der Waals surface area contributed by atoms with Gasteiger partial charge in [-0.1, -0.05) is 47.1 Å². The SMILES string of the molecule is COC1(c2ccc(Cl)cc2)CCN(CC/C=C2/c3cc(C(C)(C)N=O)ccc3OCc3ncccc32)CC1. The molecule has 3 heterocycles. The molecular weight excluding hydrogens is 498 g/mol. The van der Waals surface area contributed by atoms with Gasteiger partial charge in [0.05, 0.1) is 11.3 Å². The first-order chi connectivity index (χ1) is 18.3. The number of likely N-dealkylation sites (tertiary alicyclic amines) is 1. The highest BCUT2D eigenvalue weighted by Gasteiger charge is 2.36. The Morgan fingerprint density at radius 3 is 2.61 bits per heavy atom. The maximum Gasteiger partial charge on any atom is 0.131 e. The molecule has 1 saturated heterocycles. The van der Waals surface area contributed by atoms with E-state index in [-0.39, 0.29) is 5.60 Å². The van der Waals surface area contributed by atoms with E-state index in [1.165, 1.54) is 5.56 Å². The maximum absolute atomic E-state index is 11.5. The molecule has 0 bridgehead atoms. The van der Waals surface area contributed by atoms with Crippen molar-refractivity contribution >= 4 is 17.2 Å². The van der Waals surface area contributed by atoms with E-state index in [9.17, 15) is 4.91 Å². The predicted molar refractivity (Wildman–Crippen MR) is 151 cm³/mol. The van der Waals surface area contributed by atoms with Gasteiger partial charge in [-0.2, -0.15) is 0 Å². The maximum atomic E-state index is 11.5. The van der Waals surface area contributed by atoms with E-state index < -0.39 is 5.54 Å². The zero-order valence-corrected chi connectivity index (χ0v) is 23.0. The summed E-state index contributed by atoms with van der Waals surface area (Å²) in [7, 11) is 1.81. The molecule has 2 aliphatic heterocycles. The molecule has 0 radical (unpaired) electrons. The van der Waals surface area contributed by atoms with Gasteiger partial charge in [-0.3, -0.25) is 4.98 Å². The van der Waals surface area contributed by atoms with Crippen molar-refractivity contribution in [2.45, 2.75) is 50.9 Å². The standard InChI is InChI=1S/C31H34ClN3O3/c1-30(2,34-36)23-10-13-29-27(20-23)25(26-6-4-16-33-28(26)21-38-29)7-5-17-35-18-14-31(37-3,15-19-35)22-8-11-24(32)12-9-22/h4,6-13,16,20H,5,14-15,17-19,21H2,1-3H3/b25-7+. The second-order valence-corrected chi connectivity index (χ2v) is 11.0. The van der Waals surface area contributed by atoms with Gasteiger partial charge < -0.3 is 14.4 Å². The summed E-state index contributed by atoms with van der Waals surface area (Å²) in [5.41, 5.74) is 5.01. The molecule has 0 aliphatic carbocycles. The Morgan fingerprint density at radius 2 is 1.89 bits per heavy atom. The number of hydrogen-bond donors (Lipinski definition) is 0. The third kappa shape index (κ3) is 5.26. The lowest BCUT2D eigenvalue weighted by Gasteiger charge is -2.41. The van der Waals surface area contributed by atoms with Gasteiger partial charge in [0.25, 0.3) is 0 Å². The molecule has 0 spiro atoms. The van der Waals surface area contributed by atoms with Gasteiger partial charge in [0.15, 0.2) is 0 Å². The van der Waals surface area contributed by atoms with Crippen molar-refractivity contribution in [3.05, 3.63) is 105 Å². The number of rotatable bonds is 7. The van der Waals surface area contributed by atoms with E-state index in [2.05, 4.69) is 39.3 Å². The van der Waals surface area contributed by atoms with Gasteiger partial charge in [0.2, 0.25) is 0 Å². The Bertz CT molecular complexity index is 1330. The van der Waals surface area contributed by atoms with E-state index in [0.717, 1.165) is 77.6 Å². The highest BCUT2D eigenvalue weighted by molar-refractivity contribution is 6.30. The number of hydrogen-bond acceptors (Lipinski definition) is 6. The molecule has 38 heavy (non-hydrogen) atoms. The zero-order chi connectivity index (χ0) is 26.8. The van der Waals surface area contributed by atoms with Crippen LogP contribution in [0.2, 0.25) is 5.02 Å². The van der Waals surface area contributed by atoms with Crippen LogP contribution in [0.1, 0.15) is 61.1 Å². The molecule has 0 amide bonds. The third-order valence-electron chi connectivity index (χ3n) is 7.97. The number of pyridine rings is 1. The molecular formula is C31H34ClN3O3. The zero-order valence-electron chi connectivity index (χ0n) is 22.2. The molecule has 3 aromatic rings. The number of ether oxygens (including phenoxy) is 2. The number of halogens is 1. The minimum Gasteiger partial charge on any atom is -0.487 e. The Labute approximate surface area is 229 Å². The summed E-state index contributed by atoms with van der Waals surface area (Å²) in [5, 5.41) is 4.10. The summed E-state index contributed by atoms with van der Waals surface area (Å²) in [4.78, 5) is 18.6.